The molecule has 114 valence electrons. The van der Waals surface area contributed by atoms with Gasteiger partial charge >= 0.3 is 5.97 Å². The third kappa shape index (κ3) is 3.38. The summed E-state index contributed by atoms with van der Waals surface area (Å²) in [4.78, 5) is 11.0. The molecule has 0 unspecified atom stereocenters. The lowest BCUT2D eigenvalue weighted by molar-refractivity contribution is -0.138. The van der Waals surface area contributed by atoms with Gasteiger partial charge in [-0.3, -0.25) is 4.79 Å². The average molecular weight is 290 g/mol. The number of hydrogen-bond acceptors (Lipinski definition) is 3. The summed E-state index contributed by atoms with van der Waals surface area (Å²) >= 11 is 0. The van der Waals surface area contributed by atoms with Crippen molar-refractivity contribution in [3.05, 3.63) is 35.9 Å². The van der Waals surface area contributed by atoms with E-state index in [1.165, 1.54) is 0 Å². The number of phenolic OH excluding ortho intramolecular Hbond substituents is 1. The molecule has 4 heteroatoms. The Bertz CT molecular complexity index is 536. The van der Waals surface area contributed by atoms with Crippen LogP contribution in [0.4, 0.5) is 0 Å². The van der Waals surface area contributed by atoms with Crippen LogP contribution in [0.25, 0.3) is 0 Å². The lowest BCUT2D eigenvalue weighted by Gasteiger charge is -2.17. The number of fused-ring (bicyclic) bond motifs is 1. The standard InChI is InChI=1S/C17H22O4/c1-3-5-7-12-13-9-14(18)11(6-4-2)8-15(13)21-16(12)10-17(19)20/h4,8-9,12,16,18H,2-3,5-7,10H2,1H3,(H,19,20)/t12-,16+/m0/s1. The molecule has 2 atom stereocenters. The number of unbranched alkanes of at least 4 members (excludes halogenated alkanes) is 1. The van der Waals surface area contributed by atoms with Gasteiger partial charge in [0, 0.05) is 17.0 Å². The van der Waals surface area contributed by atoms with E-state index in [4.69, 9.17) is 9.84 Å². The molecular formula is C17H22O4. The molecule has 21 heavy (non-hydrogen) atoms. The van der Waals surface area contributed by atoms with Gasteiger partial charge in [-0.1, -0.05) is 25.8 Å². The lowest BCUT2D eigenvalue weighted by atomic mass is 9.88. The molecule has 1 aliphatic rings. The molecule has 1 heterocycles. The number of benzene rings is 1. The normalized spacial score (nSPS) is 19.9. The Morgan fingerprint density at radius 3 is 2.86 bits per heavy atom. The fraction of sp³-hybridized carbons (Fsp3) is 0.471. The molecule has 0 amide bonds. The predicted molar refractivity (Wildman–Crippen MR) is 80.9 cm³/mol. The van der Waals surface area contributed by atoms with E-state index in [2.05, 4.69) is 13.5 Å². The van der Waals surface area contributed by atoms with Crippen LogP contribution in [-0.4, -0.2) is 22.3 Å². The van der Waals surface area contributed by atoms with Gasteiger partial charge in [0.15, 0.2) is 0 Å². The van der Waals surface area contributed by atoms with Gasteiger partial charge in [0.05, 0.1) is 6.42 Å². The Morgan fingerprint density at radius 1 is 1.48 bits per heavy atom. The van der Waals surface area contributed by atoms with Crippen molar-refractivity contribution in [3.63, 3.8) is 0 Å². The lowest BCUT2D eigenvalue weighted by Crippen LogP contribution is -2.22. The number of carbonyl (C=O) groups is 1. The first-order valence-corrected chi connectivity index (χ1v) is 7.42. The van der Waals surface area contributed by atoms with E-state index < -0.39 is 5.97 Å². The molecule has 0 aromatic heterocycles. The van der Waals surface area contributed by atoms with Crippen molar-refractivity contribution in [2.75, 3.05) is 0 Å². The van der Waals surface area contributed by atoms with Gasteiger partial charge in [-0.25, -0.2) is 0 Å². The summed E-state index contributed by atoms with van der Waals surface area (Å²) in [6.45, 7) is 5.78. The maximum Gasteiger partial charge on any atom is 0.307 e. The monoisotopic (exact) mass is 290 g/mol. The van der Waals surface area contributed by atoms with Crippen LogP contribution < -0.4 is 4.74 Å². The number of ether oxygens (including phenoxy) is 1. The van der Waals surface area contributed by atoms with Crippen molar-refractivity contribution in [2.45, 2.75) is 51.0 Å². The Morgan fingerprint density at radius 2 is 2.24 bits per heavy atom. The van der Waals surface area contributed by atoms with Crippen molar-refractivity contribution in [1.82, 2.24) is 0 Å². The van der Waals surface area contributed by atoms with Gasteiger partial charge in [0.2, 0.25) is 0 Å². The number of rotatable bonds is 7. The Hall–Kier alpha value is -1.97. The highest BCUT2D eigenvalue weighted by Crippen LogP contribution is 2.45. The summed E-state index contributed by atoms with van der Waals surface area (Å²) in [6, 6.07) is 3.55. The quantitative estimate of drug-likeness (QED) is 0.752. The number of allylic oxidation sites excluding steroid dienone is 1. The van der Waals surface area contributed by atoms with Crippen LogP contribution >= 0.6 is 0 Å². The van der Waals surface area contributed by atoms with E-state index in [0.29, 0.717) is 12.2 Å². The topological polar surface area (TPSA) is 66.8 Å². The number of phenols is 1. The summed E-state index contributed by atoms with van der Waals surface area (Å²) in [5.41, 5.74) is 1.69. The maximum absolute atomic E-state index is 11.0. The molecule has 2 N–H and O–H groups in total. The van der Waals surface area contributed by atoms with Crippen LogP contribution in [-0.2, 0) is 11.2 Å². The minimum atomic E-state index is -0.857. The molecule has 0 fully saturated rings. The third-order valence-corrected chi connectivity index (χ3v) is 3.95. The van der Waals surface area contributed by atoms with E-state index in [0.717, 1.165) is 30.4 Å². The van der Waals surface area contributed by atoms with Gasteiger partial charge in [-0.05, 0) is 25.0 Å². The van der Waals surface area contributed by atoms with E-state index >= 15 is 0 Å². The van der Waals surface area contributed by atoms with Crippen molar-refractivity contribution < 1.29 is 19.7 Å². The van der Waals surface area contributed by atoms with E-state index in [1.807, 2.05) is 6.07 Å². The molecule has 1 aliphatic heterocycles. The van der Waals surface area contributed by atoms with Crippen LogP contribution in [0.15, 0.2) is 24.8 Å². The Kier molecular flexibility index (Phi) is 4.89. The highest BCUT2D eigenvalue weighted by molar-refractivity contribution is 5.68. The second-order valence-corrected chi connectivity index (χ2v) is 5.51. The van der Waals surface area contributed by atoms with Gasteiger partial charge < -0.3 is 14.9 Å². The van der Waals surface area contributed by atoms with Gasteiger partial charge in [0.1, 0.15) is 17.6 Å². The van der Waals surface area contributed by atoms with Crippen LogP contribution in [0.2, 0.25) is 0 Å². The smallest absolute Gasteiger partial charge is 0.307 e. The van der Waals surface area contributed by atoms with Crippen LogP contribution in [0, 0.1) is 0 Å². The highest BCUT2D eigenvalue weighted by Gasteiger charge is 2.36. The van der Waals surface area contributed by atoms with Crippen molar-refractivity contribution in [3.8, 4) is 11.5 Å². The summed E-state index contributed by atoms with van der Waals surface area (Å²) in [5.74, 6) is 0.122. The summed E-state index contributed by atoms with van der Waals surface area (Å²) in [6.07, 6.45) is 4.86. The first kappa shape index (κ1) is 15.4. The number of aliphatic carboxylic acids is 1. The third-order valence-electron chi connectivity index (χ3n) is 3.95. The zero-order valence-corrected chi connectivity index (χ0v) is 12.3. The zero-order valence-electron chi connectivity index (χ0n) is 12.3. The van der Waals surface area contributed by atoms with Crippen molar-refractivity contribution >= 4 is 5.97 Å². The SMILES string of the molecule is C=CCc1cc2c(cc1O)[C@H](CCCC)[C@@H](CC(=O)O)O2. The summed E-state index contributed by atoms with van der Waals surface area (Å²) in [5, 5.41) is 19.1. The molecule has 0 saturated heterocycles. The molecule has 0 spiro atoms. The number of aromatic hydroxyl groups is 1. The zero-order chi connectivity index (χ0) is 15.4. The van der Waals surface area contributed by atoms with Gasteiger partial charge in [0.25, 0.3) is 0 Å². The van der Waals surface area contributed by atoms with Crippen LogP contribution in [0.3, 0.4) is 0 Å². The van der Waals surface area contributed by atoms with Crippen LogP contribution in [0.1, 0.15) is 49.7 Å². The highest BCUT2D eigenvalue weighted by atomic mass is 16.5. The predicted octanol–water partition coefficient (Wildman–Crippen LogP) is 3.63. The summed E-state index contributed by atoms with van der Waals surface area (Å²) in [7, 11) is 0. The first-order chi connectivity index (χ1) is 10.1. The number of carboxylic acid groups (broad SMARTS) is 1. The molecule has 0 aliphatic carbocycles. The molecule has 4 nitrogen and oxygen atoms in total. The fourth-order valence-corrected chi connectivity index (χ4v) is 2.90. The molecule has 0 saturated carbocycles. The minimum absolute atomic E-state index is 0.0133. The van der Waals surface area contributed by atoms with E-state index in [-0.39, 0.29) is 24.2 Å². The maximum atomic E-state index is 11.0. The molecular weight excluding hydrogens is 268 g/mol. The van der Waals surface area contributed by atoms with Crippen molar-refractivity contribution in [1.29, 1.82) is 0 Å². The average Bonchev–Trinajstić information content (AvgIpc) is 2.73. The second kappa shape index (κ2) is 6.66. The molecule has 1 aromatic rings. The van der Waals surface area contributed by atoms with Crippen molar-refractivity contribution in [2.24, 2.45) is 0 Å². The molecule has 0 radical (unpaired) electrons. The van der Waals surface area contributed by atoms with Gasteiger partial charge in [-0.2, -0.15) is 0 Å². The second-order valence-electron chi connectivity index (χ2n) is 5.51. The Labute approximate surface area is 125 Å². The van der Waals surface area contributed by atoms with Gasteiger partial charge in [-0.15, -0.1) is 6.58 Å². The number of hydrogen-bond donors (Lipinski definition) is 2. The largest absolute Gasteiger partial charge is 0.508 e. The molecule has 2 rings (SSSR count). The summed E-state index contributed by atoms with van der Waals surface area (Å²) < 4.78 is 5.84. The fourth-order valence-electron chi connectivity index (χ4n) is 2.90. The minimum Gasteiger partial charge on any atom is -0.508 e. The molecule has 1 aromatic carbocycles. The Balaban J connectivity index is 2.31. The van der Waals surface area contributed by atoms with E-state index in [9.17, 15) is 9.90 Å². The first-order valence-electron chi connectivity index (χ1n) is 7.42. The molecule has 0 bridgehead atoms. The van der Waals surface area contributed by atoms with Crippen LogP contribution in [0.5, 0.6) is 11.5 Å². The van der Waals surface area contributed by atoms with E-state index in [1.54, 1.807) is 12.1 Å². The number of carboxylic acids is 1.